The van der Waals surface area contributed by atoms with Gasteiger partial charge in [-0.25, -0.2) is 4.98 Å². The third-order valence-corrected chi connectivity index (χ3v) is 9.87. The van der Waals surface area contributed by atoms with Crippen molar-refractivity contribution in [2.75, 3.05) is 16.8 Å². The largest absolute Gasteiger partial charge is 0.397 e. The lowest BCUT2D eigenvalue weighted by molar-refractivity contribution is -0.245. The quantitative estimate of drug-likeness (QED) is 0.0407. The highest BCUT2D eigenvalue weighted by atomic mass is 32.2. The van der Waals surface area contributed by atoms with E-state index in [-0.39, 0.29) is 30.6 Å². The summed E-state index contributed by atoms with van der Waals surface area (Å²) in [5, 5.41) is 23.0. The van der Waals surface area contributed by atoms with Crippen LogP contribution in [0, 0.1) is 0 Å². The van der Waals surface area contributed by atoms with Gasteiger partial charge in [0.2, 0.25) is 11.8 Å². The van der Waals surface area contributed by atoms with Crippen LogP contribution in [0.3, 0.4) is 0 Å². The first-order chi connectivity index (χ1) is 25.4. The molecule has 11 nitrogen and oxygen atoms in total. The predicted octanol–water partition coefficient (Wildman–Crippen LogP) is 7.09. The van der Waals surface area contributed by atoms with E-state index >= 15 is 0 Å². The minimum Gasteiger partial charge on any atom is -0.397 e. The lowest BCUT2D eigenvalue weighted by atomic mass is 9.99. The topological polar surface area (TPSA) is 164 Å². The highest BCUT2D eigenvalue weighted by Crippen LogP contribution is 2.40. The molecule has 0 spiro atoms. The van der Waals surface area contributed by atoms with Crippen molar-refractivity contribution in [3.05, 3.63) is 126 Å². The van der Waals surface area contributed by atoms with Crippen molar-refractivity contribution in [1.82, 2.24) is 20.5 Å². The Kier molecular flexibility index (Phi) is 13.1. The Morgan fingerprint density at radius 2 is 1.62 bits per heavy atom. The third-order valence-electron chi connectivity index (χ3n) is 8.87. The average Bonchev–Trinajstić information content (AvgIpc) is 3.71. The fourth-order valence-corrected chi connectivity index (χ4v) is 6.84. The number of H-pyrrole nitrogens is 1. The van der Waals surface area contributed by atoms with Crippen LogP contribution in [0.25, 0.3) is 11.1 Å². The molecule has 3 atom stereocenters. The number of ether oxygens (including phenoxy) is 2. The molecule has 6 rings (SSSR count). The lowest BCUT2D eigenvalue weighted by Crippen LogP contribution is -2.31. The van der Waals surface area contributed by atoms with Crippen LogP contribution < -0.4 is 16.4 Å². The molecule has 2 heterocycles. The van der Waals surface area contributed by atoms with E-state index in [2.05, 4.69) is 50.1 Å². The second-order valence-electron chi connectivity index (χ2n) is 12.8. The summed E-state index contributed by atoms with van der Waals surface area (Å²) in [4.78, 5) is 29.1. The van der Waals surface area contributed by atoms with Crippen LogP contribution in [0.1, 0.15) is 73.2 Å². The number of carbonyl (C=O) groups is 2. The van der Waals surface area contributed by atoms with Gasteiger partial charge in [0.15, 0.2) is 11.4 Å². The molecular formula is C40H44N6O5S. The van der Waals surface area contributed by atoms with Crippen LogP contribution in [0.5, 0.6) is 0 Å². The van der Waals surface area contributed by atoms with E-state index in [0.29, 0.717) is 55.8 Å². The Morgan fingerprint density at radius 1 is 0.846 bits per heavy atom. The molecule has 5 aromatic rings. The van der Waals surface area contributed by atoms with Crippen molar-refractivity contribution in [2.45, 2.75) is 75.3 Å². The van der Waals surface area contributed by atoms with Crippen LogP contribution in [-0.2, 0) is 32.2 Å². The van der Waals surface area contributed by atoms with E-state index in [0.717, 1.165) is 45.0 Å². The van der Waals surface area contributed by atoms with Gasteiger partial charge in [-0.05, 0) is 64.9 Å². The number of benzene rings is 4. The van der Waals surface area contributed by atoms with Crippen molar-refractivity contribution in [3.8, 4) is 11.1 Å². The molecular weight excluding hydrogens is 677 g/mol. The third kappa shape index (κ3) is 10.5. The van der Waals surface area contributed by atoms with E-state index in [1.54, 1.807) is 23.9 Å². The Labute approximate surface area is 307 Å². The summed E-state index contributed by atoms with van der Waals surface area (Å²) in [6.07, 6.45) is 4.25. The number of anilines is 2. The Bertz CT molecular complexity index is 1910. The normalized spacial score (nSPS) is 17.1. The molecule has 1 aromatic heterocycles. The first-order valence-corrected chi connectivity index (χ1v) is 18.5. The molecule has 1 saturated heterocycles. The molecule has 0 saturated carbocycles. The van der Waals surface area contributed by atoms with Crippen molar-refractivity contribution < 1.29 is 24.2 Å². The smallest absolute Gasteiger partial charge is 0.224 e. The van der Waals surface area contributed by atoms with Gasteiger partial charge < -0.3 is 30.9 Å². The first-order valence-electron chi connectivity index (χ1n) is 17.5. The highest BCUT2D eigenvalue weighted by molar-refractivity contribution is 7.99. The van der Waals surface area contributed by atoms with Gasteiger partial charge in [0.1, 0.15) is 6.33 Å². The molecule has 4 aromatic carbocycles. The fourth-order valence-electron chi connectivity index (χ4n) is 6.04. The number of hydrogen-bond acceptors (Lipinski definition) is 9. The summed E-state index contributed by atoms with van der Waals surface area (Å²) < 4.78 is 13.1. The van der Waals surface area contributed by atoms with Crippen LogP contribution in [0.2, 0.25) is 0 Å². The van der Waals surface area contributed by atoms with Crippen molar-refractivity contribution >= 4 is 35.0 Å². The zero-order valence-corrected chi connectivity index (χ0v) is 29.7. The maximum absolute atomic E-state index is 12.6. The molecule has 0 aliphatic carbocycles. The highest BCUT2D eigenvalue weighted by Gasteiger charge is 2.32. The predicted molar refractivity (Wildman–Crippen MR) is 202 cm³/mol. The van der Waals surface area contributed by atoms with Crippen LogP contribution >= 0.6 is 11.8 Å². The fraction of sp³-hybridized carbons (Fsp3) is 0.300. The van der Waals surface area contributed by atoms with E-state index in [1.165, 1.54) is 6.33 Å². The lowest BCUT2D eigenvalue weighted by Gasteiger charge is -2.36. The van der Waals surface area contributed by atoms with E-state index in [1.807, 2.05) is 60.7 Å². The number of unbranched alkanes of at least 4 members (excludes halogenated alkanes) is 2. The van der Waals surface area contributed by atoms with Crippen LogP contribution in [0.15, 0.2) is 109 Å². The number of nitrogens with one attached hydrogen (secondary N) is 3. The Morgan fingerprint density at radius 3 is 2.38 bits per heavy atom. The second kappa shape index (κ2) is 18.5. The van der Waals surface area contributed by atoms with Gasteiger partial charge in [0.25, 0.3) is 0 Å². The van der Waals surface area contributed by atoms with Crippen molar-refractivity contribution in [1.29, 1.82) is 0 Å². The van der Waals surface area contributed by atoms with E-state index in [9.17, 15) is 14.7 Å². The molecule has 1 aliphatic rings. The van der Waals surface area contributed by atoms with Gasteiger partial charge in [0, 0.05) is 37.1 Å². The number of nitrogen functional groups attached to an aromatic ring is 1. The van der Waals surface area contributed by atoms with Gasteiger partial charge in [-0.1, -0.05) is 91.0 Å². The number of nitrogens with zero attached hydrogens (tertiary/aromatic N) is 2. The van der Waals surface area contributed by atoms with Gasteiger partial charge in [-0.15, -0.1) is 0 Å². The van der Waals surface area contributed by atoms with Gasteiger partial charge in [0.05, 0.1) is 30.2 Å². The summed E-state index contributed by atoms with van der Waals surface area (Å²) in [5.74, 6) is 0.579. The monoisotopic (exact) mass is 720 g/mol. The molecule has 0 unspecified atom stereocenters. The van der Waals surface area contributed by atoms with Gasteiger partial charge in [-0.2, -0.15) is 5.10 Å². The number of rotatable bonds is 16. The van der Waals surface area contributed by atoms with Crippen molar-refractivity contribution in [3.63, 3.8) is 0 Å². The number of aromatic amines is 1. The minimum atomic E-state index is -0.587. The molecule has 0 radical (unpaired) electrons. The molecule has 6 N–H and O–H groups in total. The maximum Gasteiger partial charge on any atom is 0.224 e. The number of aliphatic hydroxyl groups is 1. The number of aromatic nitrogens is 3. The average molecular weight is 721 g/mol. The zero-order valence-electron chi connectivity index (χ0n) is 28.9. The van der Waals surface area contributed by atoms with Crippen molar-refractivity contribution in [2.24, 2.45) is 0 Å². The number of amides is 2. The number of nitrogens with two attached hydrogens (primary N) is 1. The summed E-state index contributed by atoms with van der Waals surface area (Å²) >= 11 is 1.56. The maximum atomic E-state index is 12.6. The van der Waals surface area contributed by atoms with Crippen LogP contribution in [-0.4, -0.2) is 44.0 Å². The number of para-hydroxylation sites is 2. The second-order valence-corrected chi connectivity index (χ2v) is 13.8. The van der Waals surface area contributed by atoms with Gasteiger partial charge in [-0.3, -0.25) is 14.7 Å². The standard InChI is InChI=1S/C40H44N6O5S/c41-34-12-4-5-13-35(34)45-38(49)15-3-1-2-14-37(48)42-23-28-8-6-9-30(20-28)31-10-7-11-32(21-31)39-50-33(25-52-40-43-26-44-46-40)22-36(51-39)29-18-16-27(24-47)17-19-29/h4-13,16-21,26,33,36,39,47H,1-3,14-15,22-25,41H2,(H,42,48)(H,45,49)(H,43,44,46)/t33-,36+,39+/m1/s1. The summed E-state index contributed by atoms with van der Waals surface area (Å²) in [5.41, 5.74) is 12.9. The molecule has 52 heavy (non-hydrogen) atoms. The molecule has 2 amide bonds. The summed E-state index contributed by atoms with van der Waals surface area (Å²) in [6, 6.07) is 31.3. The van der Waals surface area contributed by atoms with E-state index < -0.39 is 6.29 Å². The number of aliphatic hydroxyl groups excluding tert-OH is 1. The molecule has 1 fully saturated rings. The number of carbonyl (C=O) groups excluding carboxylic acids is 2. The SMILES string of the molecule is Nc1ccccc1NC(=O)CCCCCC(=O)NCc1cccc(-c2cccc([C@H]3O[C@@H](CSc4ncn[nH]4)C[C@@H](c4ccc(CO)cc4)O3)c2)c1. The van der Waals surface area contributed by atoms with Crippen LogP contribution in [0.4, 0.5) is 11.4 Å². The Hall–Kier alpha value is -5.01. The first kappa shape index (κ1) is 36.8. The molecule has 12 heteroatoms. The number of hydrogen-bond donors (Lipinski definition) is 5. The number of thioether (sulfide) groups is 1. The molecule has 0 bridgehead atoms. The van der Waals surface area contributed by atoms with Gasteiger partial charge >= 0.3 is 0 Å². The molecule has 270 valence electrons. The Balaban J connectivity index is 1.02. The zero-order chi connectivity index (χ0) is 36.1. The molecule has 1 aliphatic heterocycles. The minimum absolute atomic E-state index is 0.0100. The summed E-state index contributed by atoms with van der Waals surface area (Å²) in [6.45, 7) is 0.410. The summed E-state index contributed by atoms with van der Waals surface area (Å²) in [7, 11) is 0. The van der Waals surface area contributed by atoms with E-state index in [4.69, 9.17) is 15.2 Å².